The van der Waals surface area contributed by atoms with Crippen molar-refractivity contribution in [1.82, 2.24) is 4.90 Å². The lowest BCUT2D eigenvalue weighted by Crippen LogP contribution is -2.33. The van der Waals surface area contributed by atoms with Crippen molar-refractivity contribution in [3.8, 4) is 5.75 Å². The van der Waals surface area contributed by atoms with Gasteiger partial charge in [-0.05, 0) is 43.2 Å². The molecule has 0 aliphatic carbocycles. The van der Waals surface area contributed by atoms with Crippen LogP contribution >= 0.6 is 0 Å². The summed E-state index contributed by atoms with van der Waals surface area (Å²) in [5, 5.41) is 0. The zero-order chi connectivity index (χ0) is 22.8. The van der Waals surface area contributed by atoms with Crippen molar-refractivity contribution in [2.45, 2.75) is 20.4 Å². The Labute approximate surface area is 188 Å². The number of imide groups is 1. The Morgan fingerprint density at radius 2 is 1.56 bits per heavy atom. The molecule has 0 saturated heterocycles. The molecule has 5 nitrogen and oxygen atoms in total. The quantitative estimate of drug-likeness (QED) is 0.535. The average Bonchev–Trinajstić information content (AvgIpc) is 3.04. The number of para-hydroxylation sites is 2. The van der Waals surface area contributed by atoms with Crippen LogP contribution in [0.25, 0.3) is 5.57 Å². The minimum atomic E-state index is -0.317. The smallest absolute Gasteiger partial charge is 0.278 e. The first kappa shape index (κ1) is 21.4. The molecule has 2 amide bonds. The van der Waals surface area contributed by atoms with Crippen LogP contribution < -0.4 is 9.64 Å². The number of ether oxygens (including phenoxy) is 1. The van der Waals surface area contributed by atoms with E-state index in [0.29, 0.717) is 17.0 Å². The van der Waals surface area contributed by atoms with Crippen molar-refractivity contribution in [3.05, 3.63) is 101 Å². The second-order valence-electron chi connectivity index (χ2n) is 7.94. The van der Waals surface area contributed by atoms with Crippen LogP contribution in [0.15, 0.2) is 78.5 Å². The van der Waals surface area contributed by atoms with Gasteiger partial charge in [0.05, 0.1) is 19.2 Å². The molecule has 1 heterocycles. The highest BCUT2D eigenvalue weighted by molar-refractivity contribution is 6.36. The van der Waals surface area contributed by atoms with Crippen molar-refractivity contribution in [2.75, 3.05) is 19.1 Å². The number of rotatable bonds is 6. The van der Waals surface area contributed by atoms with Crippen molar-refractivity contribution in [3.63, 3.8) is 0 Å². The molecule has 3 aromatic carbocycles. The molecule has 0 unspecified atom stereocenters. The summed E-state index contributed by atoms with van der Waals surface area (Å²) in [5.41, 5.74) is 5.25. The molecule has 0 N–H and O–H groups in total. The van der Waals surface area contributed by atoms with Crippen LogP contribution in [0.3, 0.4) is 0 Å². The van der Waals surface area contributed by atoms with Crippen LogP contribution in [0.4, 0.5) is 5.69 Å². The van der Waals surface area contributed by atoms with Gasteiger partial charge >= 0.3 is 0 Å². The fourth-order valence-electron chi connectivity index (χ4n) is 4.14. The van der Waals surface area contributed by atoms with E-state index < -0.39 is 0 Å². The maximum atomic E-state index is 13.7. The van der Waals surface area contributed by atoms with Crippen LogP contribution in [0.2, 0.25) is 0 Å². The molecular weight excluding hydrogens is 400 g/mol. The standard InChI is InChI=1S/C27H26N2O3/c1-18-14-15-22(19(2)16-18)24-25(28(3)21-11-6-5-7-12-21)27(31)29(26(24)30)17-20-10-8-9-13-23(20)32-4/h5-16H,17H2,1-4H3. The van der Waals surface area contributed by atoms with E-state index in [0.717, 1.165) is 27.9 Å². The summed E-state index contributed by atoms with van der Waals surface area (Å²) in [4.78, 5) is 30.5. The molecule has 1 aliphatic rings. The molecule has 1 aliphatic heterocycles. The summed E-state index contributed by atoms with van der Waals surface area (Å²) in [7, 11) is 3.41. The predicted molar refractivity (Wildman–Crippen MR) is 126 cm³/mol. The minimum Gasteiger partial charge on any atom is -0.496 e. The average molecular weight is 427 g/mol. The van der Waals surface area contributed by atoms with Gasteiger partial charge in [0.2, 0.25) is 0 Å². The number of methoxy groups -OCH3 is 1. The lowest BCUT2D eigenvalue weighted by Gasteiger charge is -2.22. The van der Waals surface area contributed by atoms with Gasteiger partial charge in [-0.2, -0.15) is 0 Å². The second-order valence-corrected chi connectivity index (χ2v) is 7.94. The first-order valence-electron chi connectivity index (χ1n) is 10.5. The van der Waals surface area contributed by atoms with E-state index in [4.69, 9.17) is 4.74 Å². The zero-order valence-electron chi connectivity index (χ0n) is 18.8. The highest BCUT2D eigenvalue weighted by atomic mass is 16.5. The van der Waals surface area contributed by atoms with E-state index in [1.807, 2.05) is 93.7 Å². The monoisotopic (exact) mass is 426 g/mol. The third kappa shape index (κ3) is 3.78. The van der Waals surface area contributed by atoms with Crippen LogP contribution in [0, 0.1) is 13.8 Å². The zero-order valence-corrected chi connectivity index (χ0v) is 18.8. The molecular formula is C27H26N2O3. The van der Waals surface area contributed by atoms with Crippen molar-refractivity contribution >= 4 is 23.1 Å². The van der Waals surface area contributed by atoms with Crippen molar-refractivity contribution in [1.29, 1.82) is 0 Å². The molecule has 0 radical (unpaired) electrons. The van der Waals surface area contributed by atoms with Gasteiger partial charge < -0.3 is 9.64 Å². The fraction of sp³-hybridized carbons (Fsp3) is 0.185. The normalized spacial score (nSPS) is 13.7. The van der Waals surface area contributed by atoms with E-state index >= 15 is 0 Å². The Balaban J connectivity index is 1.83. The lowest BCUT2D eigenvalue weighted by molar-refractivity contribution is -0.137. The Hall–Kier alpha value is -3.86. The van der Waals surface area contributed by atoms with Crippen LogP contribution in [0.1, 0.15) is 22.3 Å². The summed E-state index contributed by atoms with van der Waals surface area (Å²) >= 11 is 0. The second kappa shape index (κ2) is 8.71. The molecule has 4 rings (SSSR count). The lowest BCUT2D eigenvalue weighted by atomic mass is 9.97. The van der Waals surface area contributed by atoms with E-state index in [1.165, 1.54) is 4.90 Å². The fourth-order valence-corrected chi connectivity index (χ4v) is 4.14. The molecule has 0 atom stereocenters. The number of anilines is 1. The third-order valence-corrected chi connectivity index (χ3v) is 5.79. The first-order valence-corrected chi connectivity index (χ1v) is 10.5. The molecule has 3 aromatic rings. The molecule has 5 heteroatoms. The van der Waals surface area contributed by atoms with Gasteiger partial charge in [0.1, 0.15) is 11.4 Å². The van der Waals surface area contributed by atoms with Gasteiger partial charge in [-0.3, -0.25) is 14.5 Å². The van der Waals surface area contributed by atoms with Crippen molar-refractivity contribution < 1.29 is 14.3 Å². The molecule has 0 fully saturated rings. The van der Waals surface area contributed by atoms with Gasteiger partial charge in [0.15, 0.2) is 0 Å². The first-order chi connectivity index (χ1) is 15.4. The molecule has 0 aromatic heterocycles. The van der Waals surface area contributed by atoms with Crippen LogP contribution in [-0.4, -0.2) is 30.9 Å². The van der Waals surface area contributed by atoms with Gasteiger partial charge in [0.25, 0.3) is 11.8 Å². The van der Waals surface area contributed by atoms with Crippen LogP contribution in [0.5, 0.6) is 5.75 Å². The number of aryl methyl sites for hydroxylation is 2. The van der Waals surface area contributed by atoms with Crippen LogP contribution in [-0.2, 0) is 16.1 Å². The number of carbonyl (C=O) groups excluding carboxylic acids is 2. The minimum absolute atomic E-state index is 0.141. The molecule has 32 heavy (non-hydrogen) atoms. The number of benzene rings is 3. The predicted octanol–water partition coefficient (Wildman–Crippen LogP) is 4.73. The highest BCUT2D eigenvalue weighted by Crippen LogP contribution is 2.36. The number of nitrogens with zero attached hydrogens (tertiary/aromatic N) is 2. The number of carbonyl (C=O) groups is 2. The highest BCUT2D eigenvalue weighted by Gasteiger charge is 2.41. The summed E-state index contributed by atoms with van der Waals surface area (Å²) in [5.74, 6) is 0.0268. The van der Waals surface area contributed by atoms with E-state index in [1.54, 1.807) is 12.0 Å². The van der Waals surface area contributed by atoms with Gasteiger partial charge in [-0.25, -0.2) is 0 Å². The molecule has 162 valence electrons. The van der Waals surface area contributed by atoms with E-state index in [-0.39, 0.29) is 18.4 Å². The number of hydrogen-bond donors (Lipinski definition) is 0. The summed E-state index contributed by atoms with van der Waals surface area (Å²) < 4.78 is 5.44. The Morgan fingerprint density at radius 3 is 2.25 bits per heavy atom. The molecule has 0 saturated carbocycles. The topological polar surface area (TPSA) is 49.9 Å². The molecule has 0 bridgehead atoms. The summed E-state index contributed by atoms with van der Waals surface area (Å²) in [6, 6.07) is 23.0. The Morgan fingerprint density at radius 1 is 0.875 bits per heavy atom. The van der Waals surface area contributed by atoms with Gasteiger partial charge in [-0.15, -0.1) is 0 Å². The van der Waals surface area contributed by atoms with E-state index in [9.17, 15) is 9.59 Å². The summed E-state index contributed by atoms with van der Waals surface area (Å²) in [6.07, 6.45) is 0. The maximum Gasteiger partial charge on any atom is 0.278 e. The SMILES string of the molecule is COc1ccccc1CN1C(=O)C(c2ccc(C)cc2C)=C(N(C)c2ccccc2)C1=O. The van der Waals surface area contributed by atoms with Gasteiger partial charge in [-0.1, -0.05) is 60.2 Å². The van der Waals surface area contributed by atoms with E-state index in [2.05, 4.69) is 0 Å². The number of hydrogen-bond acceptors (Lipinski definition) is 4. The van der Waals surface area contributed by atoms with Crippen molar-refractivity contribution in [2.24, 2.45) is 0 Å². The largest absolute Gasteiger partial charge is 0.496 e. The molecule has 0 spiro atoms. The Kier molecular flexibility index (Phi) is 5.82. The summed E-state index contributed by atoms with van der Waals surface area (Å²) in [6.45, 7) is 4.12. The number of likely N-dealkylation sites (N-methyl/N-ethyl adjacent to an activating group) is 1. The maximum absolute atomic E-state index is 13.7. The third-order valence-electron chi connectivity index (χ3n) is 5.79. The van der Waals surface area contributed by atoms with Gasteiger partial charge in [0, 0.05) is 18.3 Å². The Bertz CT molecular complexity index is 1210. The number of amides is 2.